The van der Waals surface area contributed by atoms with Crippen molar-refractivity contribution in [1.82, 2.24) is 25.3 Å². The van der Waals surface area contributed by atoms with Crippen LogP contribution in [0, 0.1) is 19.8 Å². The molecule has 2 unspecified atom stereocenters. The molecule has 0 spiro atoms. The minimum atomic E-state index is 0.419. The van der Waals surface area contributed by atoms with Crippen LogP contribution in [-0.2, 0) is 6.54 Å². The van der Waals surface area contributed by atoms with Crippen molar-refractivity contribution in [2.75, 3.05) is 20.1 Å². The van der Waals surface area contributed by atoms with Crippen LogP contribution in [0.15, 0.2) is 35.3 Å². The molecule has 152 valence electrons. The van der Waals surface area contributed by atoms with E-state index in [0.717, 1.165) is 36.1 Å². The molecule has 6 nitrogen and oxygen atoms in total. The molecule has 1 aromatic heterocycles. The van der Waals surface area contributed by atoms with Crippen molar-refractivity contribution in [3.63, 3.8) is 0 Å². The van der Waals surface area contributed by atoms with Gasteiger partial charge in [0.15, 0.2) is 5.96 Å². The number of aryl methyl sites for hydroxylation is 1. The van der Waals surface area contributed by atoms with Crippen molar-refractivity contribution in [3.8, 4) is 5.69 Å². The maximum absolute atomic E-state index is 4.74. The van der Waals surface area contributed by atoms with Gasteiger partial charge >= 0.3 is 0 Å². The standard InChI is InChI=1S/C22H34N6/c1-15(2)27-13-16(3)21(14-27)25-22(23-6)24-12-20-17(4)26-28(18(20)5)19-10-8-7-9-11-19/h7-11,15-16,21H,12-14H2,1-6H3,(H2,23,24,25). The number of aromatic nitrogens is 2. The molecule has 3 rings (SSSR count). The number of guanidine groups is 1. The van der Waals surface area contributed by atoms with Crippen LogP contribution in [-0.4, -0.2) is 52.9 Å². The van der Waals surface area contributed by atoms with E-state index in [0.29, 0.717) is 24.5 Å². The smallest absolute Gasteiger partial charge is 0.191 e. The van der Waals surface area contributed by atoms with Crippen LogP contribution in [0.3, 0.4) is 0 Å². The minimum Gasteiger partial charge on any atom is -0.352 e. The maximum atomic E-state index is 4.74. The number of hydrogen-bond acceptors (Lipinski definition) is 3. The fraction of sp³-hybridized carbons (Fsp3) is 0.545. The lowest BCUT2D eigenvalue weighted by Crippen LogP contribution is -2.46. The fourth-order valence-corrected chi connectivity index (χ4v) is 3.91. The van der Waals surface area contributed by atoms with E-state index in [9.17, 15) is 0 Å². The largest absolute Gasteiger partial charge is 0.352 e. The molecular formula is C22H34N6. The molecule has 1 fully saturated rings. The molecule has 1 aliphatic heterocycles. The van der Waals surface area contributed by atoms with Gasteiger partial charge in [0.2, 0.25) is 0 Å². The topological polar surface area (TPSA) is 57.5 Å². The Hall–Kier alpha value is -2.34. The normalized spacial score (nSPS) is 20.8. The summed E-state index contributed by atoms with van der Waals surface area (Å²) in [6.07, 6.45) is 0. The second-order valence-corrected chi connectivity index (χ2v) is 8.10. The van der Waals surface area contributed by atoms with Crippen molar-refractivity contribution < 1.29 is 0 Å². The highest BCUT2D eigenvalue weighted by Gasteiger charge is 2.31. The number of para-hydroxylation sites is 1. The van der Waals surface area contributed by atoms with Gasteiger partial charge in [0.05, 0.1) is 11.4 Å². The highest BCUT2D eigenvalue weighted by atomic mass is 15.3. The maximum Gasteiger partial charge on any atom is 0.191 e. The van der Waals surface area contributed by atoms with Gasteiger partial charge in [-0.25, -0.2) is 4.68 Å². The predicted octanol–water partition coefficient (Wildman–Crippen LogP) is 2.88. The summed E-state index contributed by atoms with van der Waals surface area (Å²) in [6, 6.07) is 11.3. The summed E-state index contributed by atoms with van der Waals surface area (Å²) >= 11 is 0. The first-order valence-electron chi connectivity index (χ1n) is 10.2. The van der Waals surface area contributed by atoms with Gasteiger partial charge in [-0.05, 0) is 45.7 Å². The van der Waals surface area contributed by atoms with E-state index in [1.165, 1.54) is 5.56 Å². The van der Waals surface area contributed by atoms with E-state index < -0.39 is 0 Å². The second-order valence-electron chi connectivity index (χ2n) is 8.10. The molecule has 0 aliphatic carbocycles. The van der Waals surface area contributed by atoms with E-state index in [1.807, 2.05) is 29.9 Å². The van der Waals surface area contributed by atoms with Crippen LogP contribution in [0.1, 0.15) is 37.7 Å². The molecule has 1 saturated heterocycles. The molecule has 1 aromatic carbocycles. The van der Waals surface area contributed by atoms with Crippen LogP contribution in [0.25, 0.3) is 5.69 Å². The molecular weight excluding hydrogens is 348 g/mol. The Morgan fingerprint density at radius 1 is 1.21 bits per heavy atom. The van der Waals surface area contributed by atoms with Gasteiger partial charge in [0.25, 0.3) is 0 Å². The average molecular weight is 383 g/mol. The molecule has 2 N–H and O–H groups in total. The first-order valence-corrected chi connectivity index (χ1v) is 10.2. The van der Waals surface area contributed by atoms with E-state index in [4.69, 9.17) is 5.10 Å². The Morgan fingerprint density at radius 2 is 1.93 bits per heavy atom. The number of aliphatic imine (C=N–C) groups is 1. The molecule has 1 aliphatic rings. The van der Waals surface area contributed by atoms with Gasteiger partial charge in [-0.1, -0.05) is 25.1 Å². The van der Waals surface area contributed by atoms with Crippen molar-refractivity contribution in [1.29, 1.82) is 0 Å². The Labute approximate surface area is 169 Å². The van der Waals surface area contributed by atoms with Gasteiger partial charge in [0, 0.05) is 50.0 Å². The zero-order valence-corrected chi connectivity index (χ0v) is 18.0. The quantitative estimate of drug-likeness (QED) is 0.617. The number of hydrogen-bond donors (Lipinski definition) is 2. The van der Waals surface area contributed by atoms with Crippen LogP contribution >= 0.6 is 0 Å². The molecule has 2 atom stereocenters. The zero-order chi connectivity index (χ0) is 20.3. The number of likely N-dealkylation sites (tertiary alicyclic amines) is 1. The first kappa shape index (κ1) is 20.4. The molecule has 2 heterocycles. The highest BCUT2D eigenvalue weighted by Crippen LogP contribution is 2.19. The van der Waals surface area contributed by atoms with Crippen molar-refractivity contribution >= 4 is 5.96 Å². The van der Waals surface area contributed by atoms with Gasteiger partial charge < -0.3 is 10.6 Å². The highest BCUT2D eigenvalue weighted by molar-refractivity contribution is 5.80. The van der Waals surface area contributed by atoms with Crippen LogP contribution in [0.4, 0.5) is 0 Å². The van der Waals surface area contributed by atoms with Crippen LogP contribution < -0.4 is 10.6 Å². The van der Waals surface area contributed by atoms with Gasteiger partial charge in [0.1, 0.15) is 0 Å². The van der Waals surface area contributed by atoms with E-state index in [2.05, 4.69) is 67.3 Å². The fourth-order valence-electron chi connectivity index (χ4n) is 3.91. The lowest BCUT2D eigenvalue weighted by atomic mass is 10.1. The summed E-state index contributed by atoms with van der Waals surface area (Å²) in [5, 5.41) is 11.8. The number of benzene rings is 1. The van der Waals surface area contributed by atoms with Gasteiger partial charge in [-0.3, -0.25) is 9.89 Å². The average Bonchev–Trinajstić information content (AvgIpc) is 3.19. The summed E-state index contributed by atoms with van der Waals surface area (Å²) in [4.78, 5) is 6.97. The third-order valence-electron chi connectivity index (χ3n) is 5.79. The molecule has 28 heavy (non-hydrogen) atoms. The number of nitrogens with zero attached hydrogens (tertiary/aromatic N) is 4. The van der Waals surface area contributed by atoms with E-state index in [1.54, 1.807) is 0 Å². The Balaban J connectivity index is 1.65. The summed E-state index contributed by atoms with van der Waals surface area (Å²) in [7, 11) is 1.84. The molecule has 0 amide bonds. The van der Waals surface area contributed by atoms with Gasteiger partial charge in [-0.15, -0.1) is 0 Å². The van der Waals surface area contributed by atoms with Crippen molar-refractivity contribution in [3.05, 3.63) is 47.3 Å². The zero-order valence-electron chi connectivity index (χ0n) is 18.0. The predicted molar refractivity (Wildman–Crippen MR) is 116 cm³/mol. The SMILES string of the molecule is CN=C(NCc1c(C)nn(-c2ccccc2)c1C)NC1CN(C(C)C)CC1C. The summed E-state index contributed by atoms with van der Waals surface area (Å²) in [5.74, 6) is 1.46. The van der Waals surface area contributed by atoms with E-state index in [-0.39, 0.29) is 0 Å². The lowest BCUT2D eigenvalue weighted by Gasteiger charge is -2.22. The summed E-state index contributed by atoms with van der Waals surface area (Å²) < 4.78 is 2.02. The molecule has 2 aromatic rings. The summed E-state index contributed by atoms with van der Waals surface area (Å²) in [6.45, 7) is 13.9. The number of rotatable bonds is 5. The van der Waals surface area contributed by atoms with Crippen molar-refractivity contribution in [2.45, 2.75) is 53.2 Å². The number of nitrogens with one attached hydrogen (secondary N) is 2. The molecule has 0 bridgehead atoms. The lowest BCUT2D eigenvalue weighted by molar-refractivity contribution is 0.265. The third-order valence-corrected chi connectivity index (χ3v) is 5.79. The van der Waals surface area contributed by atoms with Gasteiger partial charge in [-0.2, -0.15) is 5.10 Å². The molecule has 0 radical (unpaired) electrons. The Bertz CT molecular complexity index is 808. The first-order chi connectivity index (χ1) is 13.4. The van der Waals surface area contributed by atoms with E-state index >= 15 is 0 Å². The van der Waals surface area contributed by atoms with Crippen LogP contribution in [0.5, 0.6) is 0 Å². The third kappa shape index (κ3) is 4.38. The molecule has 6 heteroatoms. The molecule has 0 saturated carbocycles. The second kappa shape index (κ2) is 8.78. The minimum absolute atomic E-state index is 0.419. The van der Waals surface area contributed by atoms with Crippen molar-refractivity contribution in [2.24, 2.45) is 10.9 Å². The Morgan fingerprint density at radius 3 is 2.54 bits per heavy atom. The van der Waals surface area contributed by atoms with Crippen LogP contribution in [0.2, 0.25) is 0 Å². The Kier molecular flexibility index (Phi) is 6.39. The summed E-state index contributed by atoms with van der Waals surface area (Å²) in [5.41, 5.74) is 4.51. The monoisotopic (exact) mass is 382 g/mol.